The van der Waals surface area contributed by atoms with Gasteiger partial charge >= 0.3 is 5.97 Å². The summed E-state index contributed by atoms with van der Waals surface area (Å²) in [7, 11) is 0. The predicted molar refractivity (Wildman–Crippen MR) is 64.4 cm³/mol. The van der Waals surface area contributed by atoms with Crippen molar-refractivity contribution in [3.05, 3.63) is 45.8 Å². The third-order valence-electron chi connectivity index (χ3n) is 2.25. The third kappa shape index (κ3) is 4.17. The van der Waals surface area contributed by atoms with Crippen LogP contribution in [0.4, 0.5) is 0 Å². The first kappa shape index (κ1) is 13.1. The molecule has 1 aromatic rings. The predicted octanol–water partition coefficient (Wildman–Crippen LogP) is 3.59. The molecule has 1 atom stereocenters. The Morgan fingerprint density at radius 3 is 2.65 bits per heavy atom. The molecule has 0 saturated carbocycles. The van der Waals surface area contributed by atoms with Crippen molar-refractivity contribution in [2.75, 3.05) is 0 Å². The number of hydrogen-bond donors (Lipinski definition) is 0. The third-order valence-corrected chi connectivity index (χ3v) is 2.25. The summed E-state index contributed by atoms with van der Waals surface area (Å²) >= 11 is 0. The zero-order valence-corrected chi connectivity index (χ0v) is 9.96. The number of aryl methyl sites for hydroxylation is 1. The van der Waals surface area contributed by atoms with Crippen LogP contribution in [0.5, 0.6) is 0 Å². The summed E-state index contributed by atoms with van der Waals surface area (Å²) in [6.45, 7) is 3.87. The maximum Gasteiger partial charge on any atom is 0.338 e. The summed E-state index contributed by atoms with van der Waals surface area (Å²) in [6, 6.07) is 7.05. The number of azide groups is 1. The molecule has 0 aliphatic rings. The van der Waals surface area contributed by atoms with Gasteiger partial charge < -0.3 is 4.74 Å². The average Bonchev–Trinajstić information content (AvgIpc) is 2.30. The summed E-state index contributed by atoms with van der Waals surface area (Å²) in [6.07, 6.45) is 0.589. The quantitative estimate of drug-likeness (QED) is 0.337. The average molecular weight is 233 g/mol. The number of hydrogen-bond acceptors (Lipinski definition) is 3. The second kappa shape index (κ2) is 6.55. The molecule has 0 radical (unpaired) electrons. The Kier molecular flexibility index (Phi) is 5.04. The van der Waals surface area contributed by atoms with Crippen LogP contribution in [0.25, 0.3) is 10.4 Å². The standard InChI is InChI=1S/C12H15N3O2/c1-3-4-11(14-15-13)17-12(16)10-7-5-9(2)6-8-10/h5-8,11H,3-4H2,1-2H3. The second-order valence-corrected chi connectivity index (χ2v) is 3.72. The fourth-order valence-corrected chi connectivity index (χ4v) is 1.33. The van der Waals surface area contributed by atoms with E-state index in [0.717, 1.165) is 12.0 Å². The molecule has 17 heavy (non-hydrogen) atoms. The van der Waals surface area contributed by atoms with E-state index in [-0.39, 0.29) is 0 Å². The van der Waals surface area contributed by atoms with Crippen LogP contribution in [-0.2, 0) is 4.74 Å². The Labute approximate surface area is 100 Å². The smallest absolute Gasteiger partial charge is 0.338 e. The highest BCUT2D eigenvalue weighted by molar-refractivity contribution is 5.89. The monoisotopic (exact) mass is 233 g/mol. The van der Waals surface area contributed by atoms with E-state index in [9.17, 15) is 4.79 Å². The van der Waals surface area contributed by atoms with Crippen LogP contribution in [0.3, 0.4) is 0 Å². The molecule has 0 amide bonds. The van der Waals surface area contributed by atoms with Crippen LogP contribution in [0.1, 0.15) is 35.7 Å². The molecule has 5 heteroatoms. The Bertz CT molecular complexity index is 422. The van der Waals surface area contributed by atoms with Crippen molar-refractivity contribution >= 4 is 5.97 Å². The maximum atomic E-state index is 11.7. The lowest BCUT2D eigenvalue weighted by atomic mass is 10.1. The molecular formula is C12H15N3O2. The summed E-state index contributed by atoms with van der Waals surface area (Å²) in [5, 5.41) is 3.43. The highest BCUT2D eigenvalue weighted by Gasteiger charge is 2.13. The molecule has 0 bridgehead atoms. The Morgan fingerprint density at radius 1 is 1.47 bits per heavy atom. The summed E-state index contributed by atoms with van der Waals surface area (Å²) in [4.78, 5) is 14.4. The summed E-state index contributed by atoms with van der Waals surface area (Å²) in [5.41, 5.74) is 9.88. The first-order valence-corrected chi connectivity index (χ1v) is 5.49. The molecule has 0 heterocycles. The normalized spacial score (nSPS) is 11.4. The van der Waals surface area contributed by atoms with Gasteiger partial charge in [-0.2, -0.15) is 0 Å². The molecule has 0 aliphatic carbocycles. The van der Waals surface area contributed by atoms with E-state index in [1.54, 1.807) is 12.1 Å². The number of esters is 1. The fraction of sp³-hybridized carbons (Fsp3) is 0.417. The van der Waals surface area contributed by atoms with Gasteiger partial charge in [-0.15, -0.1) is 0 Å². The number of rotatable bonds is 5. The highest BCUT2D eigenvalue weighted by Crippen LogP contribution is 2.10. The molecule has 1 aromatic carbocycles. The van der Waals surface area contributed by atoms with Crippen LogP contribution >= 0.6 is 0 Å². The maximum absolute atomic E-state index is 11.7. The number of nitrogens with zero attached hydrogens (tertiary/aromatic N) is 3. The van der Waals surface area contributed by atoms with E-state index in [0.29, 0.717) is 12.0 Å². The van der Waals surface area contributed by atoms with E-state index in [4.69, 9.17) is 10.3 Å². The van der Waals surface area contributed by atoms with E-state index < -0.39 is 12.2 Å². The largest absolute Gasteiger partial charge is 0.453 e. The van der Waals surface area contributed by atoms with Gasteiger partial charge in [-0.1, -0.05) is 31.0 Å². The van der Waals surface area contributed by atoms with E-state index >= 15 is 0 Å². The Hall–Kier alpha value is -2.00. The van der Waals surface area contributed by atoms with E-state index in [1.807, 2.05) is 26.0 Å². The zero-order chi connectivity index (χ0) is 12.7. The van der Waals surface area contributed by atoms with Crippen LogP contribution in [0.15, 0.2) is 29.4 Å². The number of carbonyl (C=O) groups excluding carboxylic acids is 1. The number of carbonyl (C=O) groups is 1. The van der Waals surface area contributed by atoms with Crippen molar-refractivity contribution in [3.63, 3.8) is 0 Å². The SMILES string of the molecule is CCCC(N=[N+]=[N-])OC(=O)c1ccc(C)cc1. The number of ether oxygens (including phenoxy) is 1. The Morgan fingerprint density at radius 2 is 2.12 bits per heavy atom. The van der Waals surface area contributed by atoms with Gasteiger partial charge in [0.15, 0.2) is 6.23 Å². The van der Waals surface area contributed by atoms with Gasteiger partial charge in [0.1, 0.15) is 0 Å². The number of benzene rings is 1. The fourth-order valence-electron chi connectivity index (χ4n) is 1.33. The van der Waals surface area contributed by atoms with Crippen LogP contribution in [0, 0.1) is 6.92 Å². The van der Waals surface area contributed by atoms with Crippen LogP contribution < -0.4 is 0 Å². The van der Waals surface area contributed by atoms with Gasteiger partial charge in [-0.3, -0.25) is 0 Å². The van der Waals surface area contributed by atoms with Crippen molar-refractivity contribution in [2.24, 2.45) is 5.11 Å². The van der Waals surface area contributed by atoms with Gasteiger partial charge in [0.25, 0.3) is 0 Å². The molecule has 0 aromatic heterocycles. The van der Waals surface area contributed by atoms with Gasteiger partial charge in [-0.05, 0) is 36.1 Å². The van der Waals surface area contributed by atoms with Gasteiger partial charge in [0.2, 0.25) is 0 Å². The molecule has 0 spiro atoms. The molecule has 0 fully saturated rings. The summed E-state index contributed by atoms with van der Waals surface area (Å²) < 4.78 is 5.10. The van der Waals surface area contributed by atoms with Crippen LogP contribution in [-0.4, -0.2) is 12.2 Å². The minimum absolute atomic E-state index is 0.462. The molecule has 0 aliphatic heterocycles. The molecule has 1 unspecified atom stereocenters. The lowest BCUT2D eigenvalue weighted by Crippen LogP contribution is -2.15. The molecular weight excluding hydrogens is 218 g/mol. The van der Waals surface area contributed by atoms with Gasteiger partial charge in [-0.25, -0.2) is 4.79 Å². The van der Waals surface area contributed by atoms with Gasteiger partial charge in [0, 0.05) is 4.91 Å². The van der Waals surface area contributed by atoms with Gasteiger partial charge in [0.05, 0.1) is 5.56 Å². The lowest BCUT2D eigenvalue weighted by Gasteiger charge is -2.11. The second-order valence-electron chi connectivity index (χ2n) is 3.72. The zero-order valence-electron chi connectivity index (χ0n) is 9.96. The van der Waals surface area contributed by atoms with Crippen molar-refractivity contribution in [1.82, 2.24) is 0 Å². The topological polar surface area (TPSA) is 75.1 Å². The first-order valence-electron chi connectivity index (χ1n) is 5.49. The van der Waals surface area contributed by atoms with Crippen molar-refractivity contribution < 1.29 is 9.53 Å². The molecule has 0 saturated heterocycles. The molecule has 1 rings (SSSR count). The van der Waals surface area contributed by atoms with Crippen molar-refractivity contribution in [3.8, 4) is 0 Å². The molecule has 5 nitrogen and oxygen atoms in total. The van der Waals surface area contributed by atoms with E-state index in [2.05, 4.69) is 10.0 Å². The molecule has 90 valence electrons. The summed E-state index contributed by atoms with van der Waals surface area (Å²) in [5.74, 6) is -0.462. The van der Waals surface area contributed by atoms with Crippen molar-refractivity contribution in [2.45, 2.75) is 32.9 Å². The van der Waals surface area contributed by atoms with Crippen molar-refractivity contribution in [1.29, 1.82) is 0 Å². The first-order chi connectivity index (χ1) is 8.17. The Balaban J connectivity index is 2.69. The lowest BCUT2D eigenvalue weighted by molar-refractivity contribution is 0.0297. The minimum Gasteiger partial charge on any atom is -0.453 e. The minimum atomic E-state index is -0.723. The molecule has 0 N–H and O–H groups in total. The highest BCUT2D eigenvalue weighted by atomic mass is 16.6. The van der Waals surface area contributed by atoms with Crippen LogP contribution in [0.2, 0.25) is 0 Å². The van der Waals surface area contributed by atoms with E-state index in [1.165, 1.54) is 0 Å².